The molecule has 0 atom stereocenters. The molecule has 0 radical (unpaired) electrons. The summed E-state index contributed by atoms with van der Waals surface area (Å²) in [4.78, 5) is 19.5. The van der Waals surface area contributed by atoms with E-state index in [0.717, 1.165) is 22.4 Å². The Hall–Kier alpha value is -3.84. The van der Waals surface area contributed by atoms with Gasteiger partial charge in [0.15, 0.2) is 0 Å². The SMILES string of the molecule is COc1ccc(-c2cc3ccc4c(c3oc2=O)CN(Cc2ccccn2)CO4)c(OC)c1. The predicted octanol–water partition coefficient (Wildman–Crippen LogP) is 4.22. The molecule has 0 spiro atoms. The maximum absolute atomic E-state index is 13.0. The number of rotatable bonds is 5. The number of ether oxygens (including phenoxy) is 3. The van der Waals surface area contributed by atoms with Crippen LogP contribution in [0.4, 0.5) is 0 Å². The third-order valence-corrected chi connectivity index (χ3v) is 5.56. The minimum Gasteiger partial charge on any atom is -0.497 e. The number of pyridine rings is 1. The van der Waals surface area contributed by atoms with Crippen LogP contribution in [0.25, 0.3) is 22.1 Å². The molecule has 0 saturated carbocycles. The van der Waals surface area contributed by atoms with Gasteiger partial charge < -0.3 is 18.6 Å². The van der Waals surface area contributed by atoms with E-state index < -0.39 is 5.63 Å². The van der Waals surface area contributed by atoms with E-state index in [9.17, 15) is 4.79 Å². The van der Waals surface area contributed by atoms with Crippen molar-refractivity contribution in [2.45, 2.75) is 13.1 Å². The molecule has 0 fully saturated rings. The summed E-state index contributed by atoms with van der Waals surface area (Å²) in [6, 6.07) is 16.8. The molecule has 0 amide bonds. The molecule has 1 aliphatic heterocycles. The van der Waals surface area contributed by atoms with Gasteiger partial charge in [-0.05, 0) is 42.5 Å². The maximum atomic E-state index is 13.0. The van der Waals surface area contributed by atoms with Crippen molar-refractivity contribution in [2.24, 2.45) is 0 Å². The molecule has 0 unspecified atom stereocenters. The van der Waals surface area contributed by atoms with Gasteiger partial charge >= 0.3 is 5.63 Å². The monoisotopic (exact) mass is 430 g/mol. The van der Waals surface area contributed by atoms with Gasteiger partial charge in [0.25, 0.3) is 0 Å². The van der Waals surface area contributed by atoms with E-state index in [1.165, 1.54) is 0 Å². The van der Waals surface area contributed by atoms with Gasteiger partial charge in [0.1, 0.15) is 29.6 Å². The van der Waals surface area contributed by atoms with Crippen LogP contribution >= 0.6 is 0 Å². The van der Waals surface area contributed by atoms with Gasteiger partial charge in [-0.15, -0.1) is 0 Å². The number of nitrogens with zero attached hydrogens (tertiary/aromatic N) is 2. The zero-order valence-electron chi connectivity index (χ0n) is 17.8. The molecular formula is C25H22N2O5. The van der Waals surface area contributed by atoms with Crippen molar-refractivity contribution < 1.29 is 18.6 Å². The molecule has 7 nitrogen and oxygen atoms in total. The number of fused-ring (bicyclic) bond motifs is 3. The average molecular weight is 430 g/mol. The Morgan fingerprint density at radius 1 is 1.03 bits per heavy atom. The first-order valence-electron chi connectivity index (χ1n) is 10.2. The molecule has 7 heteroatoms. The largest absolute Gasteiger partial charge is 0.497 e. The fourth-order valence-electron chi connectivity index (χ4n) is 3.97. The molecule has 0 saturated heterocycles. The van der Waals surface area contributed by atoms with Crippen molar-refractivity contribution in [1.29, 1.82) is 0 Å². The normalized spacial score (nSPS) is 13.4. The van der Waals surface area contributed by atoms with Gasteiger partial charge in [-0.3, -0.25) is 9.88 Å². The molecule has 1 aliphatic rings. The highest BCUT2D eigenvalue weighted by atomic mass is 16.5. The number of hydrogen-bond acceptors (Lipinski definition) is 7. The highest BCUT2D eigenvalue weighted by molar-refractivity contribution is 5.87. The topological polar surface area (TPSA) is 74.0 Å². The molecule has 0 N–H and O–H groups in total. The van der Waals surface area contributed by atoms with Gasteiger partial charge in [-0.1, -0.05) is 6.07 Å². The Morgan fingerprint density at radius 2 is 1.94 bits per heavy atom. The zero-order valence-corrected chi connectivity index (χ0v) is 17.8. The quantitative estimate of drug-likeness (QED) is 0.439. The van der Waals surface area contributed by atoms with Crippen LogP contribution in [-0.2, 0) is 13.1 Å². The zero-order chi connectivity index (χ0) is 22.1. The van der Waals surface area contributed by atoms with E-state index in [0.29, 0.717) is 48.0 Å². The van der Waals surface area contributed by atoms with Crippen LogP contribution in [0.5, 0.6) is 17.2 Å². The fraction of sp³-hybridized carbons (Fsp3) is 0.200. The van der Waals surface area contributed by atoms with Crippen LogP contribution in [-0.4, -0.2) is 30.8 Å². The summed E-state index contributed by atoms with van der Waals surface area (Å²) in [5.74, 6) is 1.92. The van der Waals surface area contributed by atoms with E-state index in [4.69, 9.17) is 18.6 Å². The first-order valence-corrected chi connectivity index (χ1v) is 10.2. The van der Waals surface area contributed by atoms with Gasteiger partial charge in [0.2, 0.25) is 0 Å². The van der Waals surface area contributed by atoms with E-state index in [1.54, 1.807) is 38.6 Å². The maximum Gasteiger partial charge on any atom is 0.344 e. The Morgan fingerprint density at radius 3 is 2.72 bits per heavy atom. The summed E-state index contributed by atoms with van der Waals surface area (Å²) >= 11 is 0. The van der Waals surface area contributed by atoms with Gasteiger partial charge in [-0.2, -0.15) is 0 Å². The van der Waals surface area contributed by atoms with Crippen LogP contribution in [0.2, 0.25) is 0 Å². The smallest absolute Gasteiger partial charge is 0.344 e. The first kappa shape index (κ1) is 20.1. The summed E-state index contributed by atoms with van der Waals surface area (Å²) in [6.45, 7) is 1.68. The van der Waals surface area contributed by atoms with Crippen molar-refractivity contribution in [1.82, 2.24) is 9.88 Å². The lowest BCUT2D eigenvalue weighted by atomic mass is 10.0. The lowest BCUT2D eigenvalue weighted by Crippen LogP contribution is -2.32. The first-order chi connectivity index (χ1) is 15.7. The van der Waals surface area contributed by atoms with E-state index >= 15 is 0 Å². The van der Waals surface area contributed by atoms with Crippen LogP contribution in [0.3, 0.4) is 0 Å². The van der Waals surface area contributed by atoms with Crippen molar-refractivity contribution in [3.05, 3.63) is 82.5 Å². The lowest BCUT2D eigenvalue weighted by molar-refractivity contribution is 0.0878. The van der Waals surface area contributed by atoms with Gasteiger partial charge in [0.05, 0.1) is 31.0 Å². The van der Waals surface area contributed by atoms with Crippen LogP contribution in [0.15, 0.2) is 70.0 Å². The molecular weight excluding hydrogens is 408 g/mol. The summed E-state index contributed by atoms with van der Waals surface area (Å²) < 4.78 is 22.5. The average Bonchev–Trinajstić information content (AvgIpc) is 2.84. The van der Waals surface area contributed by atoms with Gasteiger partial charge in [0, 0.05) is 36.3 Å². The molecule has 32 heavy (non-hydrogen) atoms. The summed E-state index contributed by atoms with van der Waals surface area (Å²) in [7, 11) is 3.14. The van der Waals surface area contributed by atoms with Gasteiger partial charge in [-0.25, -0.2) is 4.79 Å². The molecule has 0 bridgehead atoms. The minimum atomic E-state index is -0.434. The predicted molar refractivity (Wildman–Crippen MR) is 120 cm³/mol. The molecule has 2 aromatic carbocycles. The second kappa shape index (κ2) is 8.36. The second-order valence-corrected chi connectivity index (χ2v) is 7.56. The third kappa shape index (κ3) is 3.67. The Balaban J connectivity index is 1.54. The summed E-state index contributed by atoms with van der Waals surface area (Å²) in [5, 5.41) is 0.819. The summed E-state index contributed by atoms with van der Waals surface area (Å²) in [5.41, 5.74) is 2.99. The van der Waals surface area contributed by atoms with E-state index in [-0.39, 0.29) is 0 Å². The molecule has 0 aliphatic carbocycles. The van der Waals surface area contributed by atoms with E-state index in [1.807, 2.05) is 36.4 Å². The Kier molecular flexibility index (Phi) is 5.25. The van der Waals surface area contributed by atoms with E-state index in [2.05, 4.69) is 9.88 Å². The Bertz CT molecular complexity index is 1330. The highest BCUT2D eigenvalue weighted by Crippen LogP contribution is 2.36. The van der Waals surface area contributed by atoms with Crippen LogP contribution in [0.1, 0.15) is 11.3 Å². The van der Waals surface area contributed by atoms with Crippen molar-refractivity contribution in [3.63, 3.8) is 0 Å². The third-order valence-electron chi connectivity index (χ3n) is 5.56. The van der Waals surface area contributed by atoms with Crippen LogP contribution < -0.4 is 19.8 Å². The molecule has 3 heterocycles. The standard InChI is InChI=1S/C25H22N2O5/c1-29-18-7-8-19(23(12-18)30-2)20-11-16-6-9-22-21(24(16)32-25(20)28)14-27(15-31-22)13-17-5-3-4-10-26-17/h3-12H,13-15H2,1-2H3. The summed E-state index contributed by atoms with van der Waals surface area (Å²) in [6.07, 6.45) is 1.78. The number of hydrogen-bond donors (Lipinski definition) is 0. The molecule has 162 valence electrons. The molecule has 4 aromatic rings. The molecule has 5 rings (SSSR count). The second-order valence-electron chi connectivity index (χ2n) is 7.56. The van der Waals surface area contributed by atoms with Crippen LogP contribution in [0, 0.1) is 0 Å². The number of aromatic nitrogens is 1. The molecule has 2 aromatic heterocycles. The highest BCUT2D eigenvalue weighted by Gasteiger charge is 2.23. The van der Waals surface area contributed by atoms with Crippen molar-refractivity contribution in [2.75, 3.05) is 21.0 Å². The number of methoxy groups -OCH3 is 2. The van der Waals surface area contributed by atoms with Crippen molar-refractivity contribution >= 4 is 11.0 Å². The lowest BCUT2D eigenvalue weighted by Gasteiger charge is -2.29. The number of benzene rings is 2. The fourth-order valence-corrected chi connectivity index (χ4v) is 3.97. The van der Waals surface area contributed by atoms with Crippen molar-refractivity contribution in [3.8, 4) is 28.4 Å². The minimum absolute atomic E-state index is 0.430. The Labute approximate surface area is 184 Å².